The van der Waals surface area contributed by atoms with Crippen LogP contribution in [0.25, 0.3) is 0 Å². The van der Waals surface area contributed by atoms with E-state index in [-0.39, 0.29) is 11.9 Å². The Bertz CT molecular complexity index is 414. The average molecular weight is 245 g/mol. The van der Waals surface area contributed by atoms with Crippen molar-refractivity contribution in [2.75, 3.05) is 0 Å². The molecule has 1 aromatic carbocycles. The second-order valence-corrected chi connectivity index (χ2v) is 4.71. The molecule has 0 aliphatic carbocycles. The maximum atomic E-state index is 11.2. The fourth-order valence-electron chi connectivity index (χ4n) is 2.16. The SMILES string of the molecule is O=C1CCC[C@H](/C=C/[C@@H](O)Cc2ccccc2)N1. The van der Waals surface area contributed by atoms with Gasteiger partial charge in [-0.3, -0.25) is 4.79 Å². The van der Waals surface area contributed by atoms with E-state index in [9.17, 15) is 9.90 Å². The molecular weight excluding hydrogens is 226 g/mol. The van der Waals surface area contributed by atoms with Gasteiger partial charge in [0, 0.05) is 18.9 Å². The summed E-state index contributed by atoms with van der Waals surface area (Å²) in [5, 5.41) is 12.8. The van der Waals surface area contributed by atoms with Crippen LogP contribution in [-0.2, 0) is 11.2 Å². The summed E-state index contributed by atoms with van der Waals surface area (Å²) in [5.41, 5.74) is 1.11. The highest BCUT2D eigenvalue weighted by Crippen LogP contribution is 2.10. The number of benzene rings is 1. The molecule has 0 aromatic heterocycles. The molecule has 96 valence electrons. The number of hydrogen-bond acceptors (Lipinski definition) is 2. The zero-order valence-corrected chi connectivity index (χ0v) is 10.4. The molecular formula is C15H19NO2. The fraction of sp³-hybridized carbons (Fsp3) is 0.400. The Labute approximate surface area is 108 Å². The van der Waals surface area contributed by atoms with Gasteiger partial charge in [-0.1, -0.05) is 42.5 Å². The highest BCUT2D eigenvalue weighted by atomic mass is 16.3. The minimum absolute atomic E-state index is 0.0803. The summed E-state index contributed by atoms with van der Waals surface area (Å²) in [6.07, 6.45) is 6.31. The number of aliphatic hydroxyl groups is 1. The Morgan fingerprint density at radius 2 is 2.17 bits per heavy atom. The normalized spacial score (nSPS) is 21.8. The van der Waals surface area contributed by atoms with Crippen LogP contribution in [0, 0.1) is 0 Å². The molecule has 1 aliphatic rings. The van der Waals surface area contributed by atoms with Gasteiger partial charge in [0.2, 0.25) is 5.91 Å². The van der Waals surface area contributed by atoms with E-state index in [4.69, 9.17) is 0 Å². The first-order chi connectivity index (χ1) is 8.74. The highest BCUT2D eigenvalue weighted by molar-refractivity contribution is 5.77. The minimum atomic E-state index is -0.494. The number of carbonyl (C=O) groups is 1. The van der Waals surface area contributed by atoms with Crippen LogP contribution in [0.5, 0.6) is 0 Å². The number of nitrogens with one attached hydrogen (secondary N) is 1. The molecule has 0 radical (unpaired) electrons. The summed E-state index contributed by atoms with van der Waals surface area (Å²) in [6, 6.07) is 9.97. The quantitative estimate of drug-likeness (QED) is 0.795. The Hall–Kier alpha value is -1.61. The first-order valence-corrected chi connectivity index (χ1v) is 6.44. The molecule has 0 bridgehead atoms. The van der Waals surface area contributed by atoms with E-state index in [1.165, 1.54) is 0 Å². The monoisotopic (exact) mass is 245 g/mol. The van der Waals surface area contributed by atoms with Crippen molar-refractivity contribution in [1.29, 1.82) is 0 Å². The van der Waals surface area contributed by atoms with Crippen molar-refractivity contribution in [2.24, 2.45) is 0 Å². The summed E-state index contributed by atoms with van der Waals surface area (Å²) >= 11 is 0. The smallest absolute Gasteiger partial charge is 0.220 e. The summed E-state index contributed by atoms with van der Waals surface area (Å²) in [7, 11) is 0. The lowest BCUT2D eigenvalue weighted by Crippen LogP contribution is -2.37. The van der Waals surface area contributed by atoms with Crippen LogP contribution >= 0.6 is 0 Å². The van der Waals surface area contributed by atoms with Crippen LogP contribution < -0.4 is 5.32 Å². The zero-order chi connectivity index (χ0) is 12.8. The number of hydrogen-bond donors (Lipinski definition) is 2. The van der Waals surface area contributed by atoms with Crippen LogP contribution in [0.3, 0.4) is 0 Å². The van der Waals surface area contributed by atoms with E-state index in [2.05, 4.69) is 5.32 Å². The number of amides is 1. The molecule has 2 atom stereocenters. The molecule has 3 nitrogen and oxygen atoms in total. The molecule has 0 saturated carbocycles. The van der Waals surface area contributed by atoms with E-state index < -0.39 is 6.10 Å². The summed E-state index contributed by atoms with van der Waals surface area (Å²) in [4.78, 5) is 11.2. The third-order valence-corrected chi connectivity index (χ3v) is 3.12. The molecule has 2 rings (SSSR count). The van der Waals surface area contributed by atoms with E-state index in [1.54, 1.807) is 6.08 Å². The van der Waals surface area contributed by atoms with Crippen LogP contribution in [-0.4, -0.2) is 23.2 Å². The molecule has 3 heteroatoms. The third-order valence-electron chi connectivity index (χ3n) is 3.12. The maximum absolute atomic E-state index is 11.2. The van der Waals surface area contributed by atoms with Gasteiger partial charge in [-0.15, -0.1) is 0 Å². The minimum Gasteiger partial charge on any atom is -0.389 e. The van der Waals surface area contributed by atoms with Gasteiger partial charge < -0.3 is 10.4 Å². The lowest BCUT2D eigenvalue weighted by atomic mass is 10.0. The van der Waals surface area contributed by atoms with E-state index >= 15 is 0 Å². The number of carbonyl (C=O) groups excluding carboxylic acids is 1. The lowest BCUT2D eigenvalue weighted by Gasteiger charge is -2.20. The fourth-order valence-corrected chi connectivity index (χ4v) is 2.16. The van der Waals surface area contributed by atoms with Crippen molar-refractivity contribution >= 4 is 5.91 Å². The molecule has 1 aromatic rings. The highest BCUT2D eigenvalue weighted by Gasteiger charge is 2.15. The Balaban J connectivity index is 1.83. The maximum Gasteiger partial charge on any atom is 0.220 e. The van der Waals surface area contributed by atoms with Gasteiger partial charge in [0.15, 0.2) is 0 Å². The lowest BCUT2D eigenvalue weighted by molar-refractivity contribution is -0.122. The van der Waals surface area contributed by atoms with Gasteiger partial charge in [-0.2, -0.15) is 0 Å². The molecule has 18 heavy (non-hydrogen) atoms. The molecule has 1 heterocycles. The number of rotatable bonds is 4. The predicted molar refractivity (Wildman–Crippen MR) is 71.1 cm³/mol. The molecule has 1 aliphatic heterocycles. The molecule has 1 fully saturated rings. The molecule has 0 spiro atoms. The predicted octanol–water partition coefficient (Wildman–Crippen LogP) is 1.81. The Kier molecular flexibility index (Phi) is 4.53. The second kappa shape index (κ2) is 6.36. The van der Waals surface area contributed by atoms with Crippen molar-refractivity contribution in [3.8, 4) is 0 Å². The standard InChI is InChI=1S/C15H19NO2/c17-14(11-12-5-2-1-3-6-12)10-9-13-7-4-8-15(18)16-13/h1-3,5-6,9-10,13-14,17H,4,7-8,11H2,(H,16,18)/b10-9+/t13-,14-/m1/s1. The van der Waals surface area contributed by atoms with Crippen molar-refractivity contribution < 1.29 is 9.90 Å². The van der Waals surface area contributed by atoms with Gasteiger partial charge in [0.05, 0.1) is 6.10 Å². The molecule has 0 unspecified atom stereocenters. The van der Waals surface area contributed by atoms with Crippen molar-refractivity contribution in [2.45, 2.75) is 37.8 Å². The number of aliphatic hydroxyl groups excluding tert-OH is 1. The van der Waals surface area contributed by atoms with Gasteiger partial charge >= 0.3 is 0 Å². The topological polar surface area (TPSA) is 49.3 Å². The van der Waals surface area contributed by atoms with Crippen molar-refractivity contribution in [3.05, 3.63) is 48.0 Å². The summed E-state index contributed by atoms with van der Waals surface area (Å²) in [5.74, 6) is 0.105. The van der Waals surface area contributed by atoms with Gasteiger partial charge in [-0.05, 0) is 18.4 Å². The molecule has 1 saturated heterocycles. The first kappa shape index (κ1) is 12.8. The van der Waals surface area contributed by atoms with Crippen LogP contribution in [0.4, 0.5) is 0 Å². The third kappa shape index (κ3) is 4.00. The molecule has 1 amide bonds. The first-order valence-electron chi connectivity index (χ1n) is 6.44. The van der Waals surface area contributed by atoms with Gasteiger partial charge in [0.1, 0.15) is 0 Å². The van der Waals surface area contributed by atoms with Crippen LogP contribution in [0.2, 0.25) is 0 Å². The van der Waals surface area contributed by atoms with E-state index in [0.717, 1.165) is 18.4 Å². The number of piperidine rings is 1. The van der Waals surface area contributed by atoms with Crippen LogP contribution in [0.1, 0.15) is 24.8 Å². The van der Waals surface area contributed by atoms with Crippen molar-refractivity contribution in [3.63, 3.8) is 0 Å². The summed E-state index contributed by atoms with van der Waals surface area (Å²) < 4.78 is 0. The van der Waals surface area contributed by atoms with E-state index in [0.29, 0.717) is 12.8 Å². The average Bonchev–Trinajstić information content (AvgIpc) is 2.38. The second-order valence-electron chi connectivity index (χ2n) is 4.71. The zero-order valence-electron chi connectivity index (χ0n) is 10.4. The van der Waals surface area contributed by atoms with Crippen molar-refractivity contribution in [1.82, 2.24) is 5.32 Å². The van der Waals surface area contributed by atoms with Gasteiger partial charge in [-0.25, -0.2) is 0 Å². The summed E-state index contributed by atoms with van der Waals surface area (Å²) in [6.45, 7) is 0. The van der Waals surface area contributed by atoms with Gasteiger partial charge in [0.25, 0.3) is 0 Å². The van der Waals surface area contributed by atoms with Crippen LogP contribution in [0.15, 0.2) is 42.5 Å². The van der Waals surface area contributed by atoms with E-state index in [1.807, 2.05) is 36.4 Å². The molecule has 2 N–H and O–H groups in total. The largest absolute Gasteiger partial charge is 0.389 e. The Morgan fingerprint density at radius 1 is 1.39 bits per heavy atom. The Morgan fingerprint density at radius 3 is 2.89 bits per heavy atom.